The van der Waals surface area contributed by atoms with Gasteiger partial charge in [-0.3, -0.25) is 4.79 Å². The highest BCUT2D eigenvalue weighted by Crippen LogP contribution is 2.38. The van der Waals surface area contributed by atoms with Crippen molar-refractivity contribution in [3.05, 3.63) is 57.6 Å². The van der Waals surface area contributed by atoms with E-state index in [0.717, 1.165) is 44.9 Å². The van der Waals surface area contributed by atoms with Crippen LogP contribution in [0.2, 0.25) is 0 Å². The molecule has 0 aliphatic heterocycles. The van der Waals surface area contributed by atoms with Gasteiger partial charge in [0.2, 0.25) is 0 Å². The molecule has 1 N–H and O–H groups in total. The molecule has 0 aromatic heterocycles. The van der Waals surface area contributed by atoms with Crippen LogP contribution < -0.4 is 9.47 Å². The van der Waals surface area contributed by atoms with Crippen molar-refractivity contribution < 1.29 is 19.4 Å². The summed E-state index contributed by atoms with van der Waals surface area (Å²) >= 11 is 0. The van der Waals surface area contributed by atoms with Gasteiger partial charge < -0.3 is 14.6 Å². The molecule has 0 heterocycles. The van der Waals surface area contributed by atoms with Gasteiger partial charge in [0.05, 0.1) is 14.2 Å². The van der Waals surface area contributed by atoms with Crippen LogP contribution in [-0.4, -0.2) is 25.3 Å². The Bertz CT molecular complexity index is 778. The van der Waals surface area contributed by atoms with Gasteiger partial charge in [-0.15, -0.1) is 0 Å². The van der Waals surface area contributed by atoms with E-state index in [1.54, 1.807) is 14.2 Å². The van der Waals surface area contributed by atoms with E-state index in [2.05, 4.69) is 19.1 Å². The highest BCUT2D eigenvalue weighted by atomic mass is 16.5. The molecule has 0 unspecified atom stereocenters. The Kier molecular flexibility index (Phi) is 6.07. The molecule has 2 aromatic carbocycles. The number of aryl methyl sites for hydroxylation is 1. The third kappa shape index (κ3) is 4.13. The second-order valence-electron chi connectivity index (χ2n) is 6.31. The minimum Gasteiger partial charge on any atom is -0.496 e. The fourth-order valence-electron chi connectivity index (χ4n) is 3.30. The third-order valence-electron chi connectivity index (χ3n) is 4.72. The van der Waals surface area contributed by atoms with Crippen LogP contribution in [0.3, 0.4) is 0 Å². The molecule has 134 valence electrons. The zero-order valence-electron chi connectivity index (χ0n) is 15.6. The molecular weight excluding hydrogens is 316 g/mol. The fourth-order valence-corrected chi connectivity index (χ4v) is 3.30. The van der Waals surface area contributed by atoms with Crippen molar-refractivity contribution in [2.75, 3.05) is 14.2 Å². The molecule has 0 radical (unpaired) electrons. The van der Waals surface area contributed by atoms with Gasteiger partial charge in [-0.1, -0.05) is 24.3 Å². The molecule has 0 saturated heterocycles. The van der Waals surface area contributed by atoms with Crippen LogP contribution in [0.25, 0.3) is 0 Å². The van der Waals surface area contributed by atoms with Gasteiger partial charge in [0.15, 0.2) is 0 Å². The van der Waals surface area contributed by atoms with Crippen LogP contribution in [0.15, 0.2) is 24.3 Å². The fraction of sp³-hybridized carbons (Fsp3) is 0.381. The van der Waals surface area contributed by atoms with Crippen LogP contribution in [0.1, 0.15) is 39.8 Å². The maximum absolute atomic E-state index is 10.8. The normalized spacial score (nSPS) is 10.6. The molecule has 2 aromatic rings. The third-order valence-corrected chi connectivity index (χ3v) is 4.72. The second-order valence-corrected chi connectivity index (χ2v) is 6.31. The first-order valence-electron chi connectivity index (χ1n) is 8.39. The molecule has 4 nitrogen and oxygen atoms in total. The van der Waals surface area contributed by atoms with Crippen LogP contribution in [-0.2, 0) is 17.6 Å². The Balaban J connectivity index is 2.41. The zero-order valence-corrected chi connectivity index (χ0v) is 15.6. The summed E-state index contributed by atoms with van der Waals surface area (Å²) in [5.41, 5.74) is 6.54. The minimum atomic E-state index is -0.776. The lowest BCUT2D eigenvalue weighted by atomic mass is 9.92. The minimum absolute atomic E-state index is 0.142. The van der Waals surface area contributed by atoms with Crippen LogP contribution in [0, 0.1) is 20.8 Å². The Morgan fingerprint density at radius 1 is 0.960 bits per heavy atom. The zero-order chi connectivity index (χ0) is 18.6. The average molecular weight is 342 g/mol. The van der Waals surface area contributed by atoms with Crippen molar-refractivity contribution in [2.45, 2.75) is 40.0 Å². The first kappa shape index (κ1) is 18.8. The standard InChI is InChI=1S/C21H26O4/c1-13-14(2)21(25-5)18(15(3)20(13)24-4)12-17-8-6-7-16(11-17)9-10-19(22)23/h6-8,11H,9-10,12H2,1-5H3,(H,22,23). The molecule has 0 fully saturated rings. The molecule has 0 aliphatic carbocycles. The van der Waals surface area contributed by atoms with Gasteiger partial charge in [0, 0.05) is 18.4 Å². The summed E-state index contributed by atoms with van der Waals surface area (Å²) in [7, 11) is 3.39. The van der Waals surface area contributed by atoms with E-state index in [9.17, 15) is 4.79 Å². The van der Waals surface area contributed by atoms with Crippen molar-refractivity contribution in [3.63, 3.8) is 0 Å². The van der Waals surface area contributed by atoms with E-state index < -0.39 is 5.97 Å². The second kappa shape index (κ2) is 8.06. The largest absolute Gasteiger partial charge is 0.496 e. The van der Waals surface area contributed by atoms with E-state index in [0.29, 0.717) is 12.8 Å². The topological polar surface area (TPSA) is 55.8 Å². The van der Waals surface area contributed by atoms with Crippen molar-refractivity contribution >= 4 is 5.97 Å². The van der Waals surface area contributed by atoms with Gasteiger partial charge in [-0.05, 0) is 55.0 Å². The molecule has 0 aliphatic rings. The summed E-state index contributed by atoms with van der Waals surface area (Å²) in [6.07, 6.45) is 1.40. The van der Waals surface area contributed by atoms with Crippen molar-refractivity contribution in [3.8, 4) is 11.5 Å². The number of methoxy groups -OCH3 is 2. The summed E-state index contributed by atoms with van der Waals surface area (Å²) in [6.45, 7) is 6.14. The Hall–Kier alpha value is -2.49. The van der Waals surface area contributed by atoms with E-state index in [1.807, 2.05) is 26.0 Å². The predicted molar refractivity (Wildman–Crippen MR) is 99.0 cm³/mol. The molecule has 0 amide bonds. The van der Waals surface area contributed by atoms with Gasteiger partial charge in [-0.25, -0.2) is 0 Å². The lowest BCUT2D eigenvalue weighted by Gasteiger charge is -2.20. The van der Waals surface area contributed by atoms with E-state index >= 15 is 0 Å². The van der Waals surface area contributed by atoms with Crippen LogP contribution >= 0.6 is 0 Å². The molecule has 0 bridgehead atoms. The molecule has 4 heteroatoms. The van der Waals surface area contributed by atoms with Crippen molar-refractivity contribution in [1.82, 2.24) is 0 Å². The summed E-state index contributed by atoms with van der Waals surface area (Å²) < 4.78 is 11.3. The number of carboxylic acids is 1. The summed E-state index contributed by atoms with van der Waals surface area (Å²) in [5.74, 6) is 1.02. The number of carboxylic acid groups (broad SMARTS) is 1. The summed E-state index contributed by atoms with van der Waals surface area (Å²) in [5, 5.41) is 8.87. The molecule has 25 heavy (non-hydrogen) atoms. The molecule has 0 saturated carbocycles. The highest BCUT2D eigenvalue weighted by molar-refractivity contribution is 5.67. The van der Waals surface area contributed by atoms with Gasteiger partial charge >= 0.3 is 5.97 Å². The number of benzene rings is 2. The van der Waals surface area contributed by atoms with Crippen molar-refractivity contribution in [1.29, 1.82) is 0 Å². The first-order chi connectivity index (χ1) is 11.9. The van der Waals surface area contributed by atoms with Crippen LogP contribution in [0.4, 0.5) is 0 Å². The number of rotatable bonds is 7. The number of ether oxygens (including phenoxy) is 2. The van der Waals surface area contributed by atoms with E-state index in [-0.39, 0.29) is 6.42 Å². The van der Waals surface area contributed by atoms with E-state index in [4.69, 9.17) is 14.6 Å². The highest BCUT2D eigenvalue weighted by Gasteiger charge is 2.19. The quantitative estimate of drug-likeness (QED) is 0.818. The molecule has 0 atom stereocenters. The monoisotopic (exact) mass is 342 g/mol. The number of hydrogen-bond acceptors (Lipinski definition) is 3. The van der Waals surface area contributed by atoms with E-state index in [1.165, 1.54) is 0 Å². The lowest BCUT2D eigenvalue weighted by molar-refractivity contribution is -0.136. The Morgan fingerprint density at radius 3 is 2.16 bits per heavy atom. The smallest absolute Gasteiger partial charge is 0.303 e. The number of carbonyl (C=O) groups is 1. The molecular formula is C21H26O4. The number of aliphatic carboxylic acids is 1. The summed E-state index contributed by atoms with van der Waals surface area (Å²) in [4.78, 5) is 10.8. The average Bonchev–Trinajstić information content (AvgIpc) is 2.59. The Morgan fingerprint density at radius 2 is 1.56 bits per heavy atom. The number of hydrogen-bond donors (Lipinski definition) is 1. The maximum Gasteiger partial charge on any atom is 0.303 e. The summed E-state index contributed by atoms with van der Waals surface area (Å²) in [6, 6.07) is 8.08. The van der Waals surface area contributed by atoms with Gasteiger partial charge in [-0.2, -0.15) is 0 Å². The maximum atomic E-state index is 10.8. The van der Waals surface area contributed by atoms with Crippen molar-refractivity contribution in [2.24, 2.45) is 0 Å². The predicted octanol–water partition coefficient (Wildman–Crippen LogP) is 4.24. The first-order valence-corrected chi connectivity index (χ1v) is 8.39. The Labute approximate surface area is 149 Å². The lowest BCUT2D eigenvalue weighted by Crippen LogP contribution is -2.05. The molecule has 2 rings (SSSR count). The SMILES string of the molecule is COc1c(C)c(C)c(OC)c(Cc2cccc(CCC(=O)O)c2)c1C. The van der Waals surface area contributed by atoms with Gasteiger partial charge in [0.25, 0.3) is 0 Å². The van der Waals surface area contributed by atoms with Crippen LogP contribution in [0.5, 0.6) is 11.5 Å². The molecule has 0 spiro atoms. The van der Waals surface area contributed by atoms with Gasteiger partial charge in [0.1, 0.15) is 11.5 Å².